The topological polar surface area (TPSA) is 56.3 Å². The second kappa shape index (κ2) is 6.98. The molecule has 1 saturated heterocycles. The lowest BCUT2D eigenvalue weighted by Crippen LogP contribution is -2.44. The van der Waals surface area contributed by atoms with E-state index >= 15 is 0 Å². The summed E-state index contributed by atoms with van der Waals surface area (Å²) in [6, 6.07) is 4.46. The highest BCUT2D eigenvalue weighted by atomic mass is 16.3. The highest BCUT2D eigenvalue weighted by molar-refractivity contribution is 5.94. The summed E-state index contributed by atoms with van der Waals surface area (Å²) in [7, 11) is 0. The zero-order valence-electron chi connectivity index (χ0n) is 15.0. The predicted molar refractivity (Wildman–Crippen MR) is 97.3 cm³/mol. The van der Waals surface area contributed by atoms with E-state index in [2.05, 4.69) is 37.9 Å². The molecule has 4 heteroatoms. The van der Waals surface area contributed by atoms with Gasteiger partial charge in [-0.2, -0.15) is 0 Å². The van der Waals surface area contributed by atoms with Crippen molar-refractivity contribution in [2.75, 3.05) is 13.2 Å². The maximum Gasteiger partial charge on any atom is 0.227 e. The van der Waals surface area contributed by atoms with Crippen molar-refractivity contribution in [2.24, 2.45) is 0 Å². The van der Waals surface area contributed by atoms with Gasteiger partial charge < -0.3 is 15.0 Å². The minimum atomic E-state index is 0.152. The van der Waals surface area contributed by atoms with Crippen molar-refractivity contribution in [3.05, 3.63) is 34.5 Å². The molecule has 24 heavy (non-hydrogen) atoms. The van der Waals surface area contributed by atoms with Gasteiger partial charge in [0.2, 0.25) is 5.91 Å². The summed E-state index contributed by atoms with van der Waals surface area (Å²) >= 11 is 0. The van der Waals surface area contributed by atoms with Crippen LogP contribution in [0.3, 0.4) is 0 Å². The number of piperidine rings is 1. The summed E-state index contributed by atoms with van der Waals surface area (Å²) in [6.45, 7) is 7.24. The van der Waals surface area contributed by atoms with Gasteiger partial charge >= 0.3 is 0 Å². The van der Waals surface area contributed by atoms with Crippen molar-refractivity contribution < 1.29 is 9.90 Å². The Kier molecular flexibility index (Phi) is 4.95. The molecule has 1 aliphatic rings. The number of nitrogens with zero attached hydrogens (tertiary/aromatic N) is 1. The molecule has 0 saturated carbocycles. The third-order valence-corrected chi connectivity index (χ3v) is 5.43. The van der Waals surface area contributed by atoms with E-state index in [1.54, 1.807) is 0 Å². The normalized spacial score (nSPS) is 18.3. The van der Waals surface area contributed by atoms with E-state index in [1.807, 2.05) is 4.90 Å². The number of aromatic amines is 1. The second-order valence-corrected chi connectivity index (χ2v) is 7.10. The van der Waals surface area contributed by atoms with Crippen molar-refractivity contribution in [1.29, 1.82) is 0 Å². The van der Waals surface area contributed by atoms with Crippen molar-refractivity contribution >= 4 is 16.8 Å². The minimum absolute atomic E-state index is 0.152. The number of aryl methyl sites for hydroxylation is 3. The zero-order valence-corrected chi connectivity index (χ0v) is 15.0. The molecule has 2 heterocycles. The lowest BCUT2D eigenvalue weighted by molar-refractivity contribution is -0.134. The quantitative estimate of drug-likeness (QED) is 0.904. The van der Waals surface area contributed by atoms with Crippen LogP contribution in [0.15, 0.2) is 12.1 Å². The van der Waals surface area contributed by atoms with Gasteiger partial charge in [0.05, 0.1) is 6.42 Å². The number of carbonyl (C=O) groups excluding carboxylic acids is 1. The molecule has 1 aromatic heterocycles. The molecular formula is C20H28N2O2. The van der Waals surface area contributed by atoms with E-state index in [0.29, 0.717) is 12.8 Å². The summed E-state index contributed by atoms with van der Waals surface area (Å²) in [5, 5.41) is 10.5. The average molecular weight is 328 g/mol. The molecule has 2 N–H and O–H groups in total. The number of benzene rings is 1. The van der Waals surface area contributed by atoms with Gasteiger partial charge in [0.1, 0.15) is 0 Å². The Morgan fingerprint density at radius 2 is 2.00 bits per heavy atom. The Morgan fingerprint density at radius 1 is 1.25 bits per heavy atom. The van der Waals surface area contributed by atoms with Crippen molar-refractivity contribution in [2.45, 2.75) is 58.9 Å². The summed E-state index contributed by atoms with van der Waals surface area (Å²) in [5.41, 5.74) is 5.80. The fourth-order valence-electron chi connectivity index (χ4n) is 4.06. The Balaban J connectivity index is 1.90. The molecule has 130 valence electrons. The van der Waals surface area contributed by atoms with Crippen LogP contribution < -0.4 is 0 Å². The third-order valence-electron chi connectivity index (χ3n) is 5.43. The van der Waals surface area contributed by atoms with Crippen LogP contribution in [0, 0.1) is 20.8 Å². The Labute approximate surface area is 143 Å². The molecule has 1 amide bonds. The first-order valence-electron chi connectivity index (χ1n) is 9.00. The third kappa shape index (κ3) is 3.07. The van der Waals surface area contributed by atoms with Crippen LogP contribution in [0.5, 0.6) is 0 Å². The Bertz CT molecular complexity index is 746. The van der Waals surface area contributed by atoms with Gasteiger partial charge in [-0.15, -0.1) is 0 Å². The lowest BCUT2D eigenvalue weighted by Gasteiger charge is -2.35. The zero-order chi connectivity index (χ0) is 17.3. The molecule has 1 atom stereocenters. The molecule has 0 spiro atoms. The van der Waals surface area contributed by atoms with Gasteiger partial charge in [-0.05, 0) is 63.1 Å². The monoisotopic (exact) mass is 328 g/mol. The smallest absolute Gasteiger partial charge is 0.227 e. The van der Waals surface area contributed by atoms with Gasteiger partial charge in [0.15, 0.2) is 0 Å². The fourth-order valence-corrected chi connectivity index (χ4v) is 4.06. The Hall–Kier alpha value is -1.81. The van der Waals surface area contributed by atoms with E-state index in [9.17, 15) is 9.90 Å². The number of likely N-dealkylation sites (tertiary alicyclic amines) is 1. The molecular weight excluding hydrogens is 300 g/mol. The Morgan fingerprint density at radius 3 is 2.75 bits per heavy atom. The highest BCUT2D eigenvalue weighted by Gasteiger charge is 2.27. The molecule has 0 bridgehead atoms. The molecule has 1 fully saturated rings. The average Bonchev–Trinajstić information content (AvgIpc) is 2.90. The van der Waals surface area contributed by atoms with E-state index in [4.69, 9.17) is 0 Å². The number of H-pyrrole nitrogens is 1. The molecule has 1 aliphatic heterocycles. The standard InChI is InChI=1S/C20H28N2O2/c1-13-7-8-14(2)20-19(13)17(15(3)21-20)12-18(24)22-10-5-4-6-16(22)9-11-23/h7-8,16,21,23H,4-6,9-12H2,1-3H3/t16-/m1/s1. The lowest BCUT2D eigenvalue weighted by atomic mass is 9.97. The molecule has 0 radical (unpaired) electrons. The second-order valence-electron chi connectivity index (χ2n) is 7.10. The SMILES string of the molecule is Cc1[nH]c2c(C)ccc(C)c2c1CC(=O)N1CCCC[C@@H]1CCO. The number of nitrogens with one attached hydrogen (secondary N) is 1. The van der Waals surface area contributed by atoms with Gasteiger partial charge in [-0.1, -0.05) is 12.1 Å². The summed E-state index contributed by atoms with van der Waals surface area (Å²) in [5.74, 6) is 0.193. The first-order chi connectivity index (χ1) is 11.5. The van der Waals surface area contributed by atoms with Crippen LogP contribution >= 0.6 is 0 Å². The minimum Gasteiger partial charge on any atom is -0.396 e. The van der Waals surface area contributed by atoms with Gasteiger partial charge in [-0.25, -0.2) is 0 Å². The highest BCUT2D eigenvalue weighted by Crippen LogP contribution is 2.29. The van der Waals surface area contributed by atoms with E-state index in [-0.39, 0.29) is 18.6 Å². The number of aliphatic hydroxyl groups is 1. The largest absolute Gasteiger partial charge is 0.396 e. The maximum absolute atomic E-state index is 13.0. The number of aromatic nitrogens is 1. The van der Waals surface area contributed by atoms with Crippen LogP contribution in [0.4, 0.5) is 0 Å². The first kappa shape index (κ1) is 17.0. The van der Waals surface area contributed by atoms with Gasteiger partial charge in [0.25, 0.3) is 0 Å². The van der Waals surface area contributed by atoms with Crippen molar-refractivity contribution in [3.8, 4) is 0 Å². The number of hydrogen-bond donors (Lipinski definition) is 2. The first-order valence-corrected chi connectivity index (χ1v) is 9.00. The predicted octanol–water partition coefficient (Wildman–Crippen LogP) is 3.40. The van der Waals surface area contributed by atoms with Crippen molar-refractivity contribution in [1.82, 2.24) is 9.88 Å². The molecule has 0 unspecified atom stereocenters. The van der Waals surface area contributed by atoms with E-state index in [0.717, 1.165) is 42.6 Å². The van der Waals surface area contributed by atoms with Gasteiger partial charge in [0, 0.05) is 35.8 Å². The summed E-state index contributed by atoms with van der Waals surface area (Å²) < 4.78 is 0. The number of carbonyl (C=O) groups is 1. The molecule has 3 rings (SSSR count). The van der Waals surface area contributed by atoms with E-state index in [1.165, 1.54) is 16.5 Å². The maximum atomic E-state index is 13.0. The van der Waals surface area contributed by atoms with Crippen LogP contribution in [0.1, 0.15) is 48.1 Å². The molecule has 2 aromatic rings. The number of fused-ring (bicyclic) bond motifs is 1. The number of aliphatic hydroxyl groups excluding tert-OH is 1. The molecule has 4 nitrogen and oxygen atoms in total. The molecule has 0 aliphatic carbocycles. The summed E-state index contributed by atoms with van der Waals surface area (Å²) in [4.78, 5) is 18.4. The van der Waals surface area contributed by atoms with Crippen LogP contribution in [-0.4, -0.2) is 40.1 Å². The van der Waals surface area contributed by atoms with Crippen LogP contribution in [-0.2, 0) is 11.2 Å². The number of amides is 1. The number of rotatable bonds is 4. The van der Waals surface area contributed by atoms with Crippen LogP contribution in [0.2, 0.25) is 0 Å². The summed E-state index contributed by atoms with van der Waals surface area (Å²) in [6.07, 6.45) is 4.36. The van der Waals surface area contributed by atoms with E-state index < -0.39 is 0 Å². The van der Waals surface area contributed by atoms with Gasteiger partial charge in [-0.3, -0.25) is 4.79 Å². The fraction of sp³-hybridized carbons (Fsp3) is 0.550. The van der Waals surface area contributed by atoms with Crippen LogP contribution in [0.25, 0.3) is 10.9 Å². The molecule has 1 aromatic carbocycles. The van der Waals surface area contributed by atoms with Crippen molar-refractivity contribution in [3.63, 3.8) is 0 Å². The number of hydrogen-bond acceptors (Lipinski definition) is 2.